The van der Waals surface area contributed by atoms with Gasteiger partial charge in [-0.25, -0.2) is 0 Å². The van der Waals surface area contributed by atoms with Gasteiger partial charge in [-0.2, -0.15) is 0 Å². The molecule has 0 aliphatic carbocycles. The lowest BCUT2D eigenvalue weighted by molar-refractivity contribution is -0.154. The summed E-state index contributed by atoms with van der Waals surface area (Å²) in [4.78, 5) is 25.8. The van der Waals surface area contributed by atoms with E-state index >= 15 is 0 Å². The van der Waals surface area contributed by atoms with E-state index in [2.05, 4.69) is 27.7 Å². The third-order valence-electron chi connectivity index (χ3n) is 6.40. The van der Waals surface area contributed by atoms with E-state index in [1.165, 1.54) is 0 Å². The summed E-state index contributed by atoms with van der Waals surface area (Å²) in [5.74, 6) is 0.0879. The van der Waals surface area contributed by atoms with E-state index in [-0.39, 0.29) is 43.9 Å². The highest BCUT2D eigenvalue weighted by atomic mass is 16.5. The molecule has 33 heavy (non-hydrogen) atoms. The molecular formula is C29H40O4. The van der Waals surface area contributed by atoms with Crippen molar-refractivity contribution in [1.82, 2.24) is 0 Å². The van der Waals surface area contributed by atoms with Gasteiger partial charge in [-0.15, -0.1) is 0 Å². The molecule has 0 aromatic heterocycles. The van der Waals surface area contributed by atoms with Gasteiger partial charge in [-0.3, -0.25) is 9.59 Å². The Morgan fingerprint density at radius 1 is 0.788 bits per heavy atom. The SMILES string of the molecule is Cc1cccc(COC(=O)CC(CCC(C)C)(CC(=O)OCc2cccc(C)c2)C(C)C)c1. The van der Waals surface area contributed by atoms with Gasteiger partial charge in [-0.05, 0) is 48.6 Å². The molecular weight excluding hydrogens is 412 g/mol. The minimum atomic E-state index is -0.488. The van der Waals surface area contributed by atoms with Crippen LogP contribution in [0.4, 0.5) is 0 Å². The number of carbonyl (C=O) groups excluding carboxylic acids is 2. The van der Waals surface area contributed by atoms with E-state index in [9.17, 15) is 9.59 Å². The maximum Gasteiger partial charge on any atom is 0.306 e. The fourth-order valence-electron chi connectivity index (χ4n) is 4.12. The number of carbonyl (C=O) groups is 2. The third kappa shape index (κ3) is 9.03. The van der Waals surface area contributed by atoms with Crippen LogP contribution < -0.4 is 0 Å². The molecule has 0 saturated carbocycles. The number of aryl methyl sites for hydroxylation is 2. The van der Waals surface area contributed by atoms with Crippen molar-refractivity contribution in [1.29, 1.82) is 0 Å². The van der Waals surface area contributed by atoms with Crippen LogP contribution in [0.25, 0.3) is 0 Å². The van der Waals surface area contributed by atoms with Crippen LogP contribution in [0, 0.1) is 31.1 Å². The zero-order chi connectivity index (χ0) is 24.4. The minimum Gasteiger partial charge on any atom is -0.461 e. The van der Waals surface area contributed by atoms with Crippen molar-refractivity contribution in [3.8, 4) is 0 Å². The molecule has 0 N–H and O–H groups in total. The summed E-state index contributed by atoms with van der Waals surface area (Å²) >= 11 is 0. The summed E-state index contributed by atoms with van der Waals surface area (Å²) in [6.45, 7) is 13.0. The number of hydrogen-bond donors (Lipinski definition) is 0. The van der Waals surface area contributed by atoms with Crippen molar-refractivity contribution in [2.75, 3.05) is 0 Å². The van der Waals surface area contributed by atoms with Crippen molar-refractivity contribution < 1.29 is 19.1 Å². The molecule has 0 amide bonds. The standard InChI is InChI=1S/C29H40O4/c1-21(2)13-14-29(22(3)4,17-27(30)32-19-25-11-7-9-23(5)15-25)18-28(31)33-20-26-12-8-10-24(6)16-26/h7-12,15-16,21-22H,13-14,17-20H2,1-6H3. The Hall–Kier alpha value is -2.62. The molecule has 180 valence electrons. The van der Waals surface area contributed by atoms with Crippen molar-refractivity contribution in [2.45, 2.75) is 80.4 Å². The molecule has 0 aliphatic rings. The maximum atomic E-state index is 12.9. The molecule has 2 aromatic rings. The third-order valence-corrected chi connectivity index (χ3v) is 6.40. The largest absolute Gasteiger partial charge is 0.461 e. The number of ether oxygens (including phenoxy) is 2. The monoisotopic (exact) mass is 452 g/mol. The fourth-order valence-corrected chi connectivity index (χ4v) is 4.12. The van der Waals surface area contributed by atoms with Crippen molar-refractivity contribution in [3.05, 3.63) is 70.8 Å². The highest BCUT2D eigenvalue weighted by Gasteiger charge is 2.39. The van der Waals surface area contributed by atoms with Crippen LogP contribution in [0.15, 0.2) is 48.5 Å². The highest BCUT2D eigenvalue weighted by molar-refractivity contribution is 5.74. The second-order valence-corrected chi connectivity index (χ2v) is 10.1. The quantitative estimate of drug-likeness (QED) is 0.327. The van der Waals surface area contributed by atoms with E-state index in [1.807, 2.05) is 62.4 Å². The number of benzene rings is 2. The first kappa shape index (κ1) is 26.6. The van der Waals surface area contributed by atoms with Crippen LogP contribution in [-0.2, 0) is 32.3 Å². The van der Waals surface area contributed by atoms with Gasteiger partial charge in [0.25, 0.3) is 0 Å². The molecule has 0 unspecified atom stereocenters. The normalized spacial score (nSPS) is 11.6. The molecule has 0 aliphatic heterocycles. The summed E-state index contributed by atoms with van der Waals surface area (Å²) in [7, 11) is 0. The molecule has 0 radical (unpaired) electrons. The maximum absolute atomic E-state index is 12.9. The molecule has 0 fully saturated rings. The Balaban J connectivity index is 2.07. The van der Waals surface area contributed by atoms with Gasteiger partial charge < -0.3 is 9.47 Å². The van der Waals surface area contributed by atoms with E-state index in [0.717, 1.165) is 35.1 Å². The summed E-state index contributed by atoms with van der Waals surface area (Å²) in [5, 5.41) is 0. The first-order valence-electron chi connectivity index (χ1n) is 12.0. The van der Waals surface area contributed by atoms with Crippen LogP contribution >= 0.6 is 0 Å². The number of hydrogen-bond acceptors (Lipinski definition) is 4. The summed E-state index contributed by atoms with van der Waals surface area (Å²) < 4.78 is 11.3. The van der Waals surface area contributed by atoms with Crippen molar-refractivity contribution in [2.24, 2.45) is 17.3 Å². The number of rotatable bonds is 12. The average molecular weight is 453 g/mol. The van der Waals surface area contributed by atoms with Crippen LogP contribution in [0.2, 0.25) is 0 Å². The van der Waals surface area contributed by atoms with E-state index in [4.69, 9.17) is 9.47 Å². The lowest BCUT2D eigenvalue weighted by Gasteiger charge is -2.37. The van der Waals surface area contributed by atoms with Crippen molar-refractivity contribution in [3.63, 3.8) is 0 Å². The topological polar surface area (TPSA) is 52.6 Å². The average Bonchev–Trinajstić information content (AvgIpc) is 2.74. The Morgan fingerprint density at radius 3 is 1.61 bits per heavy atom. The molecule has 0 heterocycles. The molecule has 4 heteroatoms. The Kier molecular flexibility index (Phi) is 10.1. The van der Waals surface area contributed by atoms with Crippen LogP contribution in [-0.4, -0.2) is 11.9 Å². The predicted octanol–water partition coefficient (Wildman–Crippen LogP) is 6.95. The zero-order valence-corrected chi connectivity index (χ0v) is 21.1. The van der Waals surface area contributed by atoms with E-state index < -0.39 is 5.41 Å². The first-order valence-corrected chi connectivity index (χ1v) is 12.0. The summed E-state index contributed by atoms with van der Waals surface area (Å²) in [6.07, 6.45) is 2.14. The molecule has 0 spiro atoms. The summed E-state index contributed by atoms with van der Waals surface area (Å²) in [6, 6.07) is 15.9. The Morgan fingerprint density at radius 2 is 1.24 bits per heavy atom. The zero-order valence-electron chi connectivity index (χ0n) is 21.1. The van der Waals surface area contributed by atoms with Gasteiger partial charge in [-0.1, -0.05) is 93.8 Å². The Labute approximate surface area is 199 Å². The van der Waals surface area contributed by atoms with Gasteiger partial charge in [0.15, 0.2) is 0 Å². The van der Waals surface area contributed by atoms with Crippen LogP contribution in [0.5, 0.6) is 0 Å². The van der Waals surface area contributed by atoms with Crippen molar-refractivity contribution >= 4 is 11.9 Å². The first-order chi connectivity index (χ1) is 15.6. The highest BCUT2D eigenvalue weighted by Crippen LogP contribution is 2.42. The molecule has 0 bridgehead atoms. The minimum absolute atomic E-state index is 0.134. The van der Waals surface area contributed by atoms with Crippen LogP contribution in [0.1, 0.15) is 75.6 Å². The summed E-state index contributed by atoms with van der Waals surface area (Å²) in [5.41, 5.74) is 3.72. The van der Waals surface area contributed by atoms with Gasteiger partial charge in [0, 0.05) is 0 Å². The number of esters is 2. The molecule has 2 rings (SSSR count). The lowest BCUT2D eigenvalue weighted by atomic mass is 9.68. The molecule has 2 aromatic carbocycles. The molecule has 0 saturated heterocycles. The second kappa shape index (κ2) is 12.6. The van der Waals surface area contributed by atoms with E-state index in [0.29, 0.717) is 5.92 Å². The smallest absolute Gasteiger partial charge is 0.306 e. The van der Waals surface area contributed by atoms with Gasteiger partial charge in [0.2, 0.25) is 0 Å². The van der Waals surface area contributed by atoms with Gasteiger partial charge >= 0.3 is 11.9 Å². The van der Waals surface area contributed by atoms with Gasteiger partial charge in [0.1, 0.15) is 13.2 Å². The second-order valence-electron chi connectivity index (χ2n) is 10.1. The van der Waals surface area contributed by atoms with Crippen LogP contribution in [0.3, 0.4) is 0 Å². The lowest BCUT2D eigenvalue weighted by Crippen LogP contribution is -2.34. The fraction of sp³-hybridized carbons (Fsp3) is 0.517. The van der Waals surface area contributed by atoms with Gasteiger partial charge in [0.05, 0.1) is 12.8 Å². The molecule has 4 nitrogen and oxygen atoms in total. The predicted molar refractivity (Wildman–Crippen MR) is 133 cm³/mol. The Bertz CT molecular complexity index is 850. The molecule has 0 atom stereocenters. The van der Waals surface area contributed by atoms with E-state index in [1.54, 1.807) is 0 Å².